The summed E-state index contributed by atoms with van der Waals surface area (Å²) in [6.07, 6.45) is 0. The number of hydrogen-bond donors (Lipinski definition) is 0. The van der Waals surface area contributed by atoms with E-state index in [4.69, 9.17) is 4.74 Å². The van der Waals surface area contributed by atoms with Gasteiger partial charge in [-0.1, -0.05) is 32.0 Å². The molecule has 0 bridgehead atoms. The van der Waals surface area contributed by atoms with Gasteiger partial charge in [-0.25, -0.2) is 0 Å². The highest BCUT2D eigenvalue weighted by Crippen LogP contribution is 2.17. The molecule has 0 N–H and O–H groups in total. The van der Waals surface area contributed by atoms with E-state index in [1.165, 1.54) is 5.56 Å². The Morgan fingerprint density at radius 3 is 1.97 bits per heavy atom. The van der Waals surface area contributed by atoms with E-state index in [2.05, 4.69) is 18.7 Å². The Labute approximate surface area is 179 Å². The molecular formula is C24H31N3O3. The highest BCUT2D eigenvalue weighted by Gasteiger charge is 2.25. The van der Waals surface area contributed by atoms with Crippen LogP contribution in [0.1, 0.15) is 40.1 Å². The largest absolute Gasteiger partial charge is 0.497 e. The van der Waals surface area contributed by atoms with Gasteiger partial charge in [-0.15, -0.1) is 0 Å². The van der Waals surface area contributed by atoms with Crippen molar-refractivity contribution in [3.63, 3.8) is 0 Å². The van der Waals surface area contributed by atoms with Crippen molar-refractivity contribution in [2.75, 3.05) is 46.4 Å². The molecule has 1 saturated heterocycles. The number of carbonyl (C=O) groups is 2. The molecule has 6 nitrogen and oxygen atoms in total. The van der Waals surface area contributed by atoms with Crippen LogP contribution in [-0.4, -0.2) is 72.9 Å². The summed E-state index contributed by atoms with van der Waals surface area (Å²) in [6.45, 7) is 9.35. The van der Waals surface area contributed by atoms with Gasteiger partial charge in [0.25, 0.3) is 11.8 Å². The number of piperazine rings is 1. The van der Waals surface area contributed by atoms with E-state index in [9.17, 15) is 9.59 Å². The number of amides is 2. The van der Waals surface area contributed by atoms with E-state index >= 15 is 0 Å². The molecule has 1 aliphatic rings. The monoisotopic (exact) mass is 409 g/mol. The van der Waals surface area contributed by atoms with Gasteiger partial charge in [-0.3, -0.25) is 14.5 Å². The lowest BCUT2D eigenvalue weighted by atomic mass is 10.1. The van der Waals surface area contributed by atoms with Crippen molar-refractivity contribution in [2.45, 2.75) is 20.4 Å². The maximum Gasteiger partial charge on any atom is 0.254 e. The summed E-state index contributed by atoms with van der Waals surface area (Å²) in [5.74, 6) is 0.665. The molecule has 0 radical (unpaired) electrons. The van der Waals surface area contributed by atoms with E-state index in [0.717, 1.165) is 19.6 Å². The van der Waals surface area contributed by atoms with Gasteiger partial charge in [0.2, 0.25) is 0 Å². The van der Waals surface area contributed by atoms with E-state index in [1.54, 1.807) is 24.1 Å². The van der Waals surface area contributed by atoms with Gasteiger partial charge in [0.05, 0.1) is 7.11 Å². The minimum atomic E-state index is -0.0262. The Morgan fingerprint density at radius 2 is 1.43 bits per heavy atom. The molecule has 0 aliphatic carbocycles. The lowest BCUT2D eigenvalue weighted by Crippen LogP contribution is -2.50. The number of hydrogen-bond acceptors (Lipinski definition) is 4. The molecule has 2 aromatic carbocycles. The van der Waals surface area contributed by atoms with Crippen LogP contribution in [-0.2, 0) is 6.54 Å². The lowest BCUT2D eigenvalue weighted by molar-refractivity contribution is 0.0535. The zero-order valence-electron chi connectivity index (χ0n) is 18.1. The van der Waals surface area contributed by atoms with Gasteiger partial charge in [-0.2, -0.15) is 0 Å². The predicted molar refractivity (Wildman–Crippen MR) is 118 cm³/mol. The molecule has 1 fully saturated rings. The molecule has 1 aliphatic heterocycles. The molecule has 160 valence electrons. The van der Waals surface area contributed by atoms with Gasteiger partial charge in [0, 0.05) is 43.9 Å². The third-order valence-corrected chi connectivity index (χ3v) is 5.67. The summed E-state index contributed by atoms with van der Waals surface area (Å²) in [7, 11) is 1.59. The van der Waals surface area contributed by atoms with E-state index in [1.807, 2.05) is 41.3 Å². The van der Waals surface area contributed by atoms with Crippen molar-refractivity contribution in [3.05, 3.63) is 65.2 Å². The lowest BCUT2D eigenvalue weighted by Gasteiger charge is -2.35. The van der Waals surface area contributed by atoms with Crippen molar-refractivity contribution < 1.29 is 14.3 Å². The molecular weight excluding hydrogens is 378 g/mol. The number of methoxy groups -OCH3 is 1. The summed E-state index contributed by atoms with van der Waals surface area (Å²) in [5, 5.41) is 0. The zero-order chi connectivity index (χ0) is 21.5. The Bertz CT molecular complexity index is 854. The molecule has 0 spiro atoms. The maximum atomic E-state index is 12.9. The van der Waals surface area contributed by atoms with Crippen molar-refractivity contribution in [1.82, 2.24) is 14.7 Å². The first kappa shape index (κ1) is 21.8. The average molecular weight is 410 g/mol. The Morgan fingerprint density at radius 1 is 0.867 bits per heavy atom. The molecule has 0 atom stereocenters. The zero-order valence-corrected chi connectivity index (χ0v) is 18.1. The van der Waals surface area contributed by atoms with E-state index in [0.29, 0.717) is 43.1 Å². The summed E-state index contributed by atoms with van der Waals surface area (Å²) in [5.41, 5.74) is 2.52. The highest BCUT2D eigenvalue weighted by molar-refractivity contribution is 5.96. The minimum Gasteiger partial charge on any atom is -0.497 e. The third kappa shape index (κ3) is 5.19. The number of rotatable bonds is 7. The van der Waals surface area contributed by atoms with Crippen LogP contribution in [0.3, 0.4) is 0 Å². The van der Waals surface area contributed by atoms with E-state index in [-0.39, 0.29) is 11.8 Å². The van der Waals surface area contributed by atoms with Crippen LogP contribution in [0.4, 0.5) is 0 Å². The third-order valence-electron chi connectivity index (χ3n) is 5.67. The normalized spacial score (nSPS) is 14.1. The van der Waals surface area contributed by atoms with Crippen LogP contribution in [0.2, 0.25) is 0 Å². The number of nitrogens with zero attached hydrogens (tertiary/aromatic N) is 3. The fourth-order valence-corrected chi connectivity index (χ4v) is 3.69. The van der Waals surface area contributed by atoms with Gasteiger partial charge >= 0.3 is 0 Å². The van der Waals surface area contributed by atoms with Crippen LogP contribution >= 0.6 is 0 Å². The van der Waals surface area contributed by atoms with Crippen molar-refractivity contribution in [1.29, 1.82) is 0 Å². The summed E-state index contributed by atoms with van der Waals surface area (Å²) >= 11 is 0. The molecule has 30 heavy (non-hydrogen) atoms. The van der Waals surface area contributed by atoms with Crippen molar-refractivity contribution >= 4 is 11.8 Å². The Kier molecular flexibility index (Phi) is 7.46. The molecule has 0 unspecified atom stereocenters. The van der Waals surface area contributed by atoms with Gasteiger partial charge in [0.15, 0.2) is 0 Å². The quantitative estimate of drug-likeness (QED) is 0.705. The van der Waals surface area contributed by atoms with Crippen molar-refractivity contribution in [2.24, 2.45) is 0 Å². The predicted octanol–water partition coefficient (Wildman–Crippen LogP) is 3.14. The van der Waals surface area contributed by atoms with Crippen LogP contribution in [0.25, 0.3) is 0 Å². The fourth-order valence-electron chi connectivity index (χ4n) is 3.69. The molecule has 0 aromatic heterocycles. The first-order chi connectivity index (χ1) is 14.5. The second kappa shape index (κ2) is 10.3. The minimum absolute atomic E-state index is 0.0258. The fraction of sp³-hybridized carbons (Fsp3) is 0.417. The second-order valence-electron chi connectivity index (χ2n) is 7.47. The molecule has 1 heterocycles. The van der Waals surface area contributed by atoms with Crippen LogP contribution in [0.5, 0.6) is 5.75 Å². The first-order valence-electron chi connectivity index (χ1n) is 10.6. The Balaban J connectivity index is 1.56. The van der Waals surface area contributed by atoms with Gasteiger partial charge < -0.3 is 14.5 Å². The van der Waals surface area contributed by atoms with E-state index < -0.39 is 0 Å². The maximum absolute atomic E-state index is 12.9. The Hall–Kier alpha value is -2.86. The average Bonchev–Trinajstić information content (AvgIpc) is 2.82. The second-order valence-corrected chi connectivity index (χ2v) is 7.47. The SMILES string of the molecule is CCN(CC)Cc1ccc(C(=O)N2CCN(C(=O)c3cccc(OC)c3)CC2)cc1. The topological polar surface area (TPSA) is 53.1 Å². The smallest absolute Gasteiger partial charge is 0.254 e. The van der Waals surface area contributed by atoms with Crippen LogP contribution < -0.4 is 4.74 Å². The summed E-state index contributed by atoms with van der Waals surface area (Å²) in [4.78, 5) is 31.6. The molecule has 6 heteroatoms. The van der Waals surface area contributed by atoms with Gasteiger partial charge in [0.1, 0.15) is 5.75 Å². The number of ether oxygens (including phenoxy) is 1. The molecule has 0 saturated carbocycles. The summed E-state index contributed by atoms with van der Waals surface area (Å²) < 4.78 is 5.21. The van der Waals surface area contributed by atoms with Crippen LogP contribution in [0.15, 0.2) is 48.5 Å². The van der Waals surface area contributed by atoms with Crippen molar-refractivity contribution in [3.8, 4) is 5.75 Å². The standard InChI is InChI=1S/C24H31N3O3/c1-4-25(5-2)18-19-9-11-20(12-10-19)23(28)26-13-15-27(16-14-26)24(29)21-7-6-8-22(17-21)30-3/h6-12,17H,4-5,13-16,18H2,1-3H3. The number of carbonyl (C=O) groups excluding carboxylic acids is 2. The van der Waals surface area contributed by atoms with Gasteiger partial charge in [-0.05, 0) is 49.0 Å². The molecule has 2 aromatic rings. The van der Waals surface area contributed by atoms with Crippen LogP contribution in [0, 0.1) is 0 Å². The number of benzene rings is 2. The molecule has 3 rings (SSSR count). The molecule has 2 amide bonds. The highest BCUT2D eigenvalue weighted by atomic mass is 16.5. The summed E-state index contributed by atoms with van der Waals surface area (Å²) in [6, 6.07) is 15.1. The first-order valence-corrected chi connectivity index (χ1v) is 10.6.